The summed E-state index contributed by atoms with van der Waals surface area (Å²) in [4.78, 5) is 11.6. The van der Waals surface area contributed by atoms with Crippen molar-refractivity contribution in [1.29, 1.82) is 0 Å². The second kappa shape index (κ2) is 12.3. The van der Waals surface area contributed by atoms with Crippen molar-refractivity contribution in [2.45, 2.75) is 29.1 Å². The molecule has 40 heavy (non-hydrogen) atoms. The second-order valence-corrected chi connectivity index (χ2v) is 14.1. The van der Waals surface area contributed by atoms with Crippen LogP contribution in [0.2, 0.25) is 0 Å². The largest absolute Gasteiger partial charge is 0.496 e. The van der Waals surface area contributed by atoms with Crippen LogP contribution in [0.1, 0.15) is 18.4 Å². The van der Waals surface area contributed by atoms with Gasteiger partial charge in [0.05, 0.1) is 28.2 Å². The Labute approximate surface area is 235 Å². The van der Waals surface area contributed by atoms with Crippen LogP contribution < -0.4 is 10.5 Å². The Balaban J connectivity index is 1.50. The van der Waals surface area contributed by atoms with Crippen molar-refractivity contribution < 1.29 is 21.6 Å². The molecule has 0 bridgehead atoms. The van der Waals surface area contributed by atoms with Crippen LogP contribution in [0.25, 0.3) is 22.3 Å². The molecule has 0 aliphatic rings. The van der Waals surface area contributed by atoms with E-state index in [0.717, 1.165) is 31.4 Å². The van der Waals surface area contributed by atoms with Crippen LogP contribution in [0.4, 0.5) is 5.82 Å². The SMILES string of the molecule is COc1cc2nc(-c3ccc(S(=O)(=O)c4ccccc4)cc3)nc(N)c2cc1CCCCN(C)CCS(C)(=O)=O. The summed E-state index contributed by atoms with van der Waals surface area (Å²) in [6.07, 6.45) is 3.81. The minimum atomic E-state index is -3.63. The van der Waals surface area contributed by atoms with Crippen molar-refractivity contribution in [2.75, 3.05) is 45.0 Å². The Morgan fingerprint density at radius 2 is 1.55 bits per heavy atom. The molecule has 0 radical (unpaired) electrons. The van der Waals surface area contributed by atoms with Gasteiger partial charge < -0.3 is 15.4 Å². The van der Waals surface area contributed by atoms with E-state index in [9.17, 15) is 16.8 Å². The third-order valence-corrected chi connectivity index (χ3v) is 9.39. The number of nitrogens with two attached hydrogens (primary N) is 1. The summed E-state index contributed by atoms with van der Waals surface area (Å²) in [6, 6.07) is 18.5. The number of fused-ring (bicyclic) bond motifs is 1. The molecule has 2 N–H and O–H groups in total. The topological polar surface area (TPSA) is 133 Å². The van der Waals surface area contributed by atoms with Gasteiger partial charge in [-0.1, -0.05) is 18.2 Å². The van der Waals surface area contributed by atoms with Gasteiger partial charge in [-0.15, -0.1) is 0 Å². The second-order valence-electron chi connectivity index (χ2n) is 9.84. The molecule has 0 aliphatic carbocycles. The van der Waals surface area contributed by atoms with Gasteiger partial charge in [-0.3, -0.25) is 0 Å². The van der Waals surface area contributed by atoms with Crippen LogP contribution in [0.5, 0.6) is 5.75 Å². The zero-order chi connectivity index (χ0) is 28.9. The van der Waals surface area contributed by atoms with E-state index in [0.29, 0.717) is 40.4 Å². The molecular weight excluding hydrogens is 548 g/mol. The van der Waals surface area contributed by atoms with Gasteiger partial charge in [-0.25, -0.2) is 26.8 Å². The van der Waals surface area contributed by atoms with E-state index >= 15 is 0 Å². The fourth-order valence-corrected chi connectivity index (χ4v) is 6.31. The number of nitrogens with zero attached hydrogens (tertiary/aromatic N) is 3. The van der Waals surface area contributed by atoms with E-state index in [1.54, 1.807) is 61.7 Å². The first-order valence-electron chi connectivity index (χ1n) is 12.9. The minimum Gasteiger partial charge on any atom is -0.496 e. The number of ether oxygens (including phenoxy) is 1. The number of hydrogen-bond acceptors (Lipinski definition) is 9. The normalized spacial score (nSPS) is 12.2. The number of anilines is 1. The molecule has 9 nitrogen and oxygen atoms in total. The summed E-state index contributed by atoms with van der Waals surface area (Å²) in [7, 11) is -3.06. The van der Waals surface area contributed by atoms with Crippen molar-refractivity contribution in [2.24, 2.45) is 0 Å². The van der Waals surface area contributed by atoms with Crippen molar-refractivity contribution >= 4 is 36.4 Å². The highest BCUT2D eigenvalue weighted by Crippen LogP contribution is 2.31. The van der Waals surface area contributed by atoms with Gasteiger partial charge in [0, 0.05) is 29.8 Å². The molecule has 1 aromatic heterocycles. The molecule has 0 unspecified atom stereocenters. The van der Waals surface area contributed by atoms with Crippen molar-refractivity contribution in [3.63, 3.8) is 0 Å². The van der Waals surface area contributed by atoms with E-state index in [1.807, 2.05) is 24.1 Å². The summed E-state index contributed by atoms with van der Waals surface area (Å²) in [5.74, 6) is 1.57. The van der Waals surface area contributed by atoms with Crippen LogP contribution in [-0.4, -0.2) is 71.0 Å². The summed E-state index contributed by atoms with van der Waals surface area (Å²) in [6.45, 7) is 1.31. The maximum atomic E-state index is 12.9. The number of aromatic nitrogens is 2. The van der Waals surface area contributed by atoms with Gasteiger partial charge in [0.2, 0.25) is 9.84 Å². The number of nitrogen functional groups attached to an aromatic ring is 1. The molecule has 212 valence electrons. The number of benzene rings is 3. The molecule has 0 amide bonds. The molecule has 11 heteroatoms. The summed E-state index contributed by atoms with van der Waals surface area (Å²) < 4.78 is 54.2. The van der Waals surface area contributed by atoms with E-state index < -0.39 is 19.7 Å². The van der Waals surface area contributed by atoms with Crippen LogP contribution in [0.15, 0.2) is 76.5 Å². The molecule has 4 aromatic rings. The molecule has 0 fully saturated rings. The van der Waals surface area contributed by atoms with Crippen LogP contribution in [-0.2, 0) is 26.1 Å². The number of unbranched alkanes of at least 4 members (excludes halogenated alkanes) is 1. The Bertz CT molecular complexity index is 1690. The number of sulfone groups is 2. The maximum Gasteiger partial charge on any atom is 0.206 e. The Morgan fingerprint density at radius 1 is 0.875 bits per heavy atom. The van der Waals surface area contributed by atoms with Gasteiger partial charge in [0.15, 0.2) is 5.82 Å². The molecular formula is C29H34N4O5S2. The first kappa shape index (κ1) is 29.4. The average molecular weight is 583 g/mol. The fraction of sp³-hybridized carbons (Fsp3) is 0.310. The molecule has 4 rings (SSSR count). The quantitative estimate of drug-likeness (QED) is 0.246. The predicted molar refractivity (Wildman–Crippen MR) is 158 cm³/mol. The van der Waals surface area contributed by atoms with Gasteiger partial charge in [0.1, 0.15) is 21.4 Å². The molecule has 0 spiro atoms. The average Bonchev–Trinajstić information content (AvgIpc) is 2.94. The molecule has 0 aliphatic heterocycles. The van der Waals surface area contributed by atoms with Gasteiger partial charge in [-0.2, -0.15) is 0 Å². The number of hydrogen-bond donors (Lipinski definition) is 1. The van der Waals surface area contributed by atoms with E-state index in [2.05, 4.69) is 9.97 Å². The first-order valence-corrected chi connectivity index (χ1v) is 16.4. The lowest BCUT2D eigenvalue weighted by atomic mass is 10.0. The molecule has 0 saturated heterocycles. The standard InChI is InChI=1S/C29H34N4O5S2/c1-33(17-18-39(3,34)35)16-8-7-9-22-19-25-26(20-27(22)38-2)31-29(32-28(25)30)21-12-14-24(15-13-21)40(36,37)23-10-5-4-6-11-23/h4-6,10-15,19-20H,7-9,16-18H2,1-3H3,(H2,30,31,32). The highest BCUT2D eigenvalue weighted by Gasteiger charge is 2.18. The summed E-state index contributed by atoms with van der Waals surface area (Å²) >= 11 is 0. The molecule has 0 atom stereocenters. The Hall–Kier alpha value is -3.54. The van der Waals surface area contributed by atoms with Crippen LogP contribution in [0, 0.1) is 0 Å². The Kier molecular flexibility index (Phi) is 9.07. The third-order valence-electron chi connectivity index (χ3n) is 6.68. The lowest BCUT2D eigenvalue weighted by Crippen LogP contribution is -2.26. The summed E-state index contributed by atoms with van der Waals surface area (Å²) in [5.41, 5.74) is 8.61. The predicted octanol–water partition coefficient (Wildman–Crippen LogP) is 4.02. The van der Waals surface area contributed by atoms with E-state index in [4.69, 9.17) is 10.5 Å². The smallest absolute Gasteiger partial charge is 0.206 e. The number of rotatable bonds is 12. The summed E-state index contributed by atoms with van der Waals surface area (Å²) in [5, 5.41) is 0.716. The lowest BCUT2D eigenvalue weighted by Gasteiger charge is -2.16. The fourth-order valence-electron chi connectivity index (χ4n) is 4.39. The van der Waals surface area contributed by atoms with Crippen molar-refractivity contribution in [1.82, 2.24) is 14.9 Å². The molecule has 3 aromatic carbocycles. The highest BCUT2D eigenvalue weighted by molar-refractivity contribution is 7.91. The van der Waals surface area contributed by atoms with Crippen LogP contribution in [0.3, 0.4) is 0 Å². The first-order chi connectivity index (χ1) is 19.0. The monoisotopic (exact) mass is 582 g/mol. The number of aryl methyl sites for hydroxylation is 1. The van der Waals surface area contributed by atoms with Crippen molar-refractivity contribution in [3.05, 3.63) is 72.3 Å². The van der Waals surface area contributed by atoms with Crippen LogP contribution >= 0.6 is 0 Å². The highest BCUT2D eigenvalue weighted by atomic mass is 32.2. The van der Waals surface area contributed by atoms with E-state index in [-0.39, 0.29) is 15.5 Å². The van der Waals surface area contributed by atoms with Gasteiger partial charge >= 0.3 is 0 Å². The molecule has 0 saturated carbocycles. The zero-order valence-corrected chi connectivity index (χ0v) is 24.5. The molecule has 1 heterocycles. The maximum absolute atomic E-state index is 12.9. The van der Waals surface area contributed by atoms with Gasteiger partial charge in [0.25, 0.3) is 0 Å². The van der Waals surface area contributed by atoms with E-state index in [1.165, 1.54) is 6.26 Å². The van der Waals surface area contributed by atoms with Crippen molar-refractivity contribution in [3.8, 4) is 17.1 Å². The zero-order valence-electron chi connectivity index (χ0n) is 22.9. The number of methoxy groups -OCH3 is 1. The lowest BCUT2D eigenvalue weighted by molar-refractivity contribution is 0.343. The van der Waals surface area contributed by atoms with Gasteiger partial charge in [-0.05, 0) is 80.9 Å². The minimum absolute atomic E-state index is 0.153. The Morgan fingerprint density at radius 3 is 2.20 bits per heavy atom. The third kappa shape index (κ3) is 7.15.